The number of ether oxygens (including phenoxy) is 2. The minimum absolute atomic E-state index is 0.271. The molecule has 0 bridgehead atoms. The van der Waals surface area contributed by atoms with Gasteiger partial charge in [-0.25, -0.2) is 4.68 Å². The second kappa shape index (κ2) is 9.02. The van der Waals surface area contributed by atoms with E-state index in [0.717, 1.165) is 48.0 Å². The Kier molecular flexibility index (Phi) is 6.20. The van der Waals surface area contributed by atoms with E-state index in [0.29, 0.717) is 6.67 Å². The van der Waals surface area contributed by atoms with Gasteiger partial charge in [-0.15, -0.1) is 0 Å². The van der Waals surface area contributed by atoms with Crippen LogP contribution in [0.4, 0.5) is 0 Å². The van der Waals surface area contributed by atoms with Crippen LogP contribution in [-0.4, -0.2) is 40.0 Å². The fourth-order valence-electron chi connectivity index (χ4n) is 4.20. The van der Waals surface area contributed by atoms with Crippen LogP contribution in [0.25, 0.3) is 0 Å². The smallest absolute Gasteiger partial charge is 0.199 e. The molecule has 0 spiro atoms. The van der Waals surface area contributed by atoms with E-state index in [2.05, 4.69) is 39.8 Å². The minimum Gasteiger partial charge on any atom is -0.497 e. The van der Waals surface area contributed by atoms with Gasteiger partial charge < -0.3 is 9.47 Å². The van der Waals surface area contributed by atoms with Crippen LogP contribution in [0.15, 0.2) is 48.5 Å². The van der Waals surface area contributed by atoms with Crippen LogP contribution in [-0.2, 0) is 13.2 Å². The average molecular weight is 425 g/mol. The summed E-state index contributed by atoms with van der Waals surface area (Å²) < 4.78 is 15.8. The molecule has 1 aliphatic rings. The molecule has 2 heterocycles. The highest BCUT2D eigenvalue weighted by atomic mass is 32.1. The molecule has 30 heavy (non-hydrogen) atoms. The topological polar surface area (TPSA) is 44.5 Å². The number of hydrogen-bond donors (Lipinski definition) is 0. The Morgan fingerprint density at radius 1 is 1.10 bits per heavy atom. The minimum atomic E-state index is 0.271. The van der Waals surface area contributed by atoms with Crippen LogP contribution in [0.5, 0.6) is 11.5 Å². The van der Waals surface area contributed by atoms with Crippen molar-refractivity contribution in [1.82, 2.24) is 19.2 Å². The van der Waals surface area contributed by atoms with Gasteiger partial charge in [0.05, 0.1) is 27.4 Å². The molecule has 0 unspecified atom stereocenters. The molecule has 0 aliphatic carbocycles. The third kappa shape index (κ3) is 4.13. The van der Waals surface area contributed by atoms with Gasteiger partial charge in [0.2, 0.25) is 0 Å². The van der Waals surface area contributed by atoms with E-state index in [-0.39, 0.29) is 6.04 Å². The molecule has 0 radical (unpaired) electrons. The lowest BCUT2D eigenvalue weighted by molar-refractivity contribution is 0.186. The van der Waals surface area contributed by atoms with Crippen LogP contribution >= 0.6 is 12.2 Å². The molecule has 1 aromatic heterocycles. The van der Waals surface area contributed by atoms with Crippen molar-refractivity contribution in [2.75, 3.05) is 20.8 Å². The molecule has 1 atom stereocenters. The Hall–Kier alpha value is -2.64. The molecule has 158 valence electrons. The first-order valence-corrected chi connectivity index (χ1v) is 10.7. The predicted molar refractivity (Wildman–Crippen MR) is 120 cm³/mol. The van der Waals surface area contributed by atoms with E-state index < -0.39 is 0 Å². The van der Waals surface area contributed by atoms with Crippen molar-refractivity contribution in [2.24, 2.45) is 0 Å². The van der Waals surface area contributed by atoms with Gasteiger partial charge >= 0.3 is 0 Å². The number of aryl methyl sites for hydroxylation is 1. The maximum absolute atomic E-state index is 5.78. The number of benzene rings is 2. The third-order valence-corrected chi connectivity index (χ3v) is 6.20. The molecule has 1 aliphatic heterocycles. The highest BCUT2D eigenvalue weighted by molar-refractivity contribution is 7.71. The number of aromatic nitrogens is 3. The molecule has 1 saturated heterocycles. The molecule has 1 fully saturated rings. The Labute approximate surface area is 182 Å². The molecule has 0 saturated carbocycles. The lowest BCUT2D eigenvalue weighted by atomic mass is 10.0. The lowest BCUT2D eigenvalue weighted by Gasteiger charge is -2.26. The van der Waals surface area contributed by atoms with Crippen molar-refractivity contribution in [1.29, 1.82) is 0 Å². The van der Waals surface area contributed by atoms with Gasteiger partial charge in [-0.05, 0) is 43.6 Å². The van der Waals surface area contributed by atoms with E-state index in [9.17, 15) is 0 Å². The van der Waals surface area contributed by atoms with Crippen LogP contribution in [0.1, 0.15) is 35.8 Å². The van der Waals surface area contributed by atoms with Crippen LogP contribution in [0, 0.1) is 11.7 Å². The fourth-order valence-corrected chi connectivity index (χ4v) is 4.50. The SMILES string of the molecule is COc1ccc([C@@H]2CCCN2Cn2nc(C)n(Cc3ccccc3)c2=S)c(OC)c1. The Morgan fingerprint density at radius 2 is 1.90 bits per heavy atom. The Balaban J connectivity index is 1.57. The zero-order chi connectivity index (χ0) is 21.1. The molecule has 3 aromatic rings. The van der Waals surface area contributed by atoms with Crippen LogP contribution < -0.4 is 9.47 Å². The van der Waals surface area contributed by atoms with E-state index >= 15 is 0 Å². The number of methoxy groups -OCH3 is 2. The summed E-state index contributed by atoms with van der Waals surface area (Å²) in [5.74, 6) is 2.60. The van der Waals surface area contributed by atoms with Gasteiger partial charge in [-0.1, -0.05) is 36.4 Å². The summed E-state index contributed by atoms with van der Waals surface area (Å²) in [4.78, 5) is 2.43. The largest absolute Gasteiger partial charge is 0.497 e. The van der Waals surface area contributed by atoms with Crippen molar-refractivity contribution in [3.05, 3.63) is 70.3 Å². The second-order valence-corrected chi connectivity index (χ2v) is 7.99. The summed E-state index contributed by atoms with van der Waals surface area (Å²) in [5.41, 5.74) is 2.40. The molecule has 2 aromatic carbocycles. The van der Waals surface area contributed by atoms with Crippen molar-refractivity contribution >= 4 is 12.2 Å². The highest BCUT2D eigenvalue weighted by Gasteiger charge is 2.29. The Morgan fingerprint density at radius 3 is 2.63 bits per heavy atom. The van der Waals surface area contributed by atoms with Crippen molar-refractivity contribution in [2.45, 2.75) is 39.0 Å². The average Bonchev–Trinajstić information content (AvgIpc) is 3.34. The van der Waals surface area contributed by atoms with E-state index in [1.165, 1.54) is 11.1 Å². The number of rotatable bonds is 7. The summed E-state index contributed by atoms with van der Waals surface area (Å²) in [6, 6.07) is 16.7. The first kappa shape index (κ1) is 20.6. The monoisotopic (exact) mass is 424 g/mol. The first-order valence-electron chi connectivity index (χ1n) is 10.2. The first-order chi connectivity index (χ1) is 14.6. The summed E-state index contributed by atoms with van der Waals surface area (Å²) in [6.45, 7) is 4.43. The molecule has 0 N–H and O–H groups in total. The zero-order valence-corrected chi connectivity index (χ0v) is 18.6. The normalized spacial score (nSPS) is 16.7. The molecular formula is C23H28N4O2S. The number of hydrogen-bond acceptors (Lipinski definition) is 5. The third-order valence-electron chi connectivity index (χ3n) is 5.77. The summed E-state index contributed by atoms with van der Waals surface area (Å²) in [7, 11) is 3.38. The molecular weight excluding hydrogens is 396 g/mol. The maximum atomic E-state index is 5.78. The van der Waals surface area contributed by atoms with Crippen LogP contribution in [0.2, 0.25) is 0 Å². The second-order valence-electron chi connectivity index (χ2n) is 7.62. The van der Waals surface area contributed by atoms with Crippen LogP contribution in [0.3, 0.4) is 0 Å². The molecule has 4 rings (SSSR count). The van der Waals surface area contributed by atoms with Gasteiger partial charge in [0, 0.05) is 24.2 Å². The van der Waals surface area contributed by atoms with Gasteiger partial charge in [-0.2, -0.15) is 5.10 Å². The number of nitrogens with zero attached hydrogens (tertiary/aromatic N) is 4. The standard InChI is InChI=1S/C23H28N4O2S/c1-17-24-27(23(30)26(17)15-18-8-5-4-6-9-18)16-25-13-7-10-21(25)20-12-11-19(28-2)14-22(20)29-3/h4-6,8-9,11-12,14,21H,7,10,13,15-16H2,1-3H3/t21-/m0/s1. The Bertz CT molecular complexity index is 1060. The van der Waals surface area contributed by atoms with Crippen molar-refractivity contribution in [3.63, 3.8) is 0 Å². The van der Waals surface area contributed by atoms with Crippen molar-refractivity contribution in [3.8, 4) is 11.5 Å². The maximum Gasteiger partial charge on any atom is 0.199 e. The predicted octanol–water partition coefficient (Wildman–Crippen LogP) is 4.58. The summed E-state index contributed by atoms with van der Waals surface area (Å²) >= 11 is 5.78. The van der Waals surface area contributed by atoms with E-state index in [1.807, 2.05) is 29.8 Å². The van der Waals surface area contributed by atoms with Gasteiger partial charge in [-0.3, -0.25) is 9.47 Å². The quantitative estimate of drug-likeness (QED) is 0.520. The van der Waals surface area contributed by atoms with Gasteiger partial charge in [0.15, 0.2) is 4.77 Å². The fraction of sp³-hybridized carbons (Fsp3) is 0.391. The van der Waals surface area contributed by atoms with E-state index in [1.54, 1.807) is 14.2 Å². The van der Waals surface area contributed by atoms with Crippen molar-refractivity contribution < 1.29 is 9.47 Å². The molecule has 7 heteroatoms. The summed E-state index contributed by atoms with van der Waals surface area (Å²) in [6.07, 6.45) is 2.22. The van der Waals surface area contributed by atoms with Gasteiger partial charge in [0.1, 0.15) is 17.3 Å². The lowest BCUT2D eigenvalue weighted by Crippen LogP contribution is -2.27. The zero-order valence-electron chi connectivity index (χ0n) is 17.7. The highest BCUT2D eigenvalue weighted by Crippen LogP contribution is 2.38. The summed E-state index contributed by atoms with van der Waals surface area (Å²) in [5, 5.41) is 4.75. The molecule has 0 amide bonds. The molecule has 6 nitrogen and oxygen atoms in total. The van der Waals surface area contributed by atoms with E-state index in [4.69, 9.17) is 26.8 Å². The van der Waals surface area contributed by atoms with Gasteiger partial charge in [0.25, 0.3) is 0 Å². The number of likely N-dealkylation sites (tertiary alicyclic amines) is 1.